The van der Waals surface area contributed by atoms with Crippen LogP contribution in [0, 0.1) is 5.41 Å². The number of para-hydroxylation sites is 2. The normalized spacial score (nSPS) is 13.9. The largest absolute Gasteiger partial charge is 0.455 e. The van der Waals surface area contributed by atoms with E-state index in [1.807, 2.05) is 36.4 Å². The molecule has 0 bridgehead atoms. The minimum Gasteiger partial charge on any atom is -0.455 e. The van der Waals surface area contributed by atoms with Crippen molar-refractivity contribution in [1.82, 2.24) is 0 Å². The maximum absolute atomic E-state index is 8.15. The average molecular weight is 249 g/mol. The van der Waals surface area contributed by atoms with Crippen LogP contribution in [0.15, 0.2) is 71.6 Å². The third kappa shape index (κ3) is 1.87. The predicted octanol–water partition coefficient (Wildman–Crippen LogP) is 4.70. The molecule has 3 aromatic rings. The molecule has 1 heterocycles. The van der Waals surface area contributed by atoms with Crippen molar-refractivity contribution in [2.45, 2.75) is 0 Å². The van der Waals surface area contributed by atoms with E-state index in [9.17, 15) is 0 Å². The van der Waals surface area contributed by atoms with Crippen LogP contribution in [-0.2, 0) is 0 Å². The molecule has 2 heteroatoms. The Morgan fingerprint density at radius 3 is 2.79 bits per heavy atom. The summed E-state index contributed by atoms with van der Waals surface area (Å²) in [5, 5.41) is 10.0. The zero-order valence-electron chi connectivity index (χ0n) is 12.2. The molecule has 1 N–H and O–H groups in total. The zero-order chi connectivity index (χ0) is 15.0. The highest BCUT2D eigenvalue weighted by Crippen LogP contribution is 2.30. The summed E-state index contributed by atoms with van der Waals surface area (Å²) in [6.45, 7) is 3.47. The van der Waals surface area contributed by atoms with Gasteiger partial charge >= 0.3 is 0 Å². The molecule has 0 atom stereocenters. The third-order valence-corrected chi connectivity index (χ3v) is 2.97. The molecule has 0 saturated carbocycles. The van der Waals surface area contributed by atoms with Gasteiger partial charge in [-0.25, -0.2) is 0 Å². The average Bonchev–Trinajstić information content (AvgIpc) is 2.91. The van der Waals surface area contributed by atoms with Gasteiger partial charge in [-0.2, -0.15) is 0 Å². The third-order valence-electron chi connectivity index (χ3n) is 2.97. The molecule has 0 saturated heterocycles. The molecular formula is C17H13NO. The van der Waals surface area contributed by atoms with E-state index in [4.69, 9.17) is 12.6 Å². The van der Waals surface area contributed by atoms with Crippen molar-refractivity contribution >= 4 is 27.7 Å². The summed E-state index contributed by atoms with van der Waals surface area (Å²) in [4.78, 5) is 0. The molecular weight excluding hydrogens is 234 g/mol. The van der Waals surface area contributed by atoms with E-state index in [-0.39, 0.29) is 17.8 Å². The molecule has 2 nitrogen and oxygen atoms in total. The summed E-state index contributed by atoms with van der Waals surface area (Å²) in [5.74, 6) is 0. The predicted molar refractivity (Wildman–Crippen MR) is 79.9 cm³/mol. The lowest BCUT2D eigenvalue weighted by atomic mass is 10.1. The molecule has 0 aliphatic carbocycles. The molecule has 0 unspecified atom stereocenters. The molecule has 3 rings (SSSR count). The second-order valence-electron chi connectivity index (χ2n) is 4.13. The fourth-order valence-electron chi connectivity index (χ4n) is 2.13. The van der Waals surface area contributed by atoms with Crippen LogP contribution >= 0.6 is 0 Å². The van der Waals surface area contributed by atoms with Crippen molar-refractivity contribution in [2.75, 3.05) is 0 Å². The molecule has 92 valence electrons. The van der Waals surface area contributed by atoms with Gasteiger partial charge in [-0.1, -0.05) is 49.0 Å². The lowest BCUT2D eigenvalue weighted by Gasteiger charge is -1.99. The SMILES string of the molecule is [2H]/C(C=C)=C(\[2H])C(=N)c1cccc2c1oc1ccccc12. The number of hydrogen-bond donors (Lipinski definition) is 1. The van der Waals surface area contributed by atoms with Gasteiger partial charge in [0.25, 0.3) is 0 Å². The van der Waals surface area contributed by atoms with Crippen molar-refractivity contribution < 1.29 is 7.16 Å². The highest BCUT2D eigenvalue weighted by molar-refractivity contribution is 6.17. The summed E-state index contributed by atoms with van der Waals surface area (Å²) in [7, 11) is 0. The number of fused-ring (bicyclic) bond motifs is 3. The van der Waals surface area contributed by atoms with Gasteiger partial charge in [0.2, 0.25) is 0 Å². The van der Waals surface area contributed by atoms with E-state index < -0.39 is 0 Å². The first-order valence-electron chi connectivity index (χ1n) is 6.93. The Hall–Kier alpha value is -2.61. The molecule has 0 amide bonds. The van der Waals surface area contributed by atoms with Crippen LogP contribution in [0.4, 0.5) is 0 Å². The number of benzene rings is 2. The smallest absolute Gasteiger partial charge is 0.144 e. The van der Waals surface area contributed by atoms with Crippen LogP contribution in [0.1, 0.15) is 8.30 Å². The summed E-state index contributed by atoms with van der Waals surface area (Å²) in [6.07, 6.45) is 1.26. The van der Waals surface area contributed by atoms with Crippen LogP contribution in [0.2, 0.25) is 0 Å². The second kappa shape index (κ2) is 4.58. The number of rotatable bonds is 3. The van der Waals surface area contributed by atoms with E-state index in [0.717, 1.165) is 16.4 Å². The molecule has 0 aliphatic rings. The number of furan rings is 1. The lowest BCUT2D eigenvalue weighted by Crippen LogP contribution is -1.94. The van der Waals surface area contributed by atoms with Crippen molar-refractivity contribution in [2.24, 2.45) is 0 Å². The summed E-state index contributed by atoms with van der Waals surface area (Å²) in [5.41, 5.74) is 1.80. The van der Waals surface area contributed by atoms with Gasteiger partial charge in [-0.15, -0.1) is 0 Å². The van der Waals surface area contributed by atoms with Crippen molar-refractivity contribution in [3.8, 4) is 0 Å². The van der Waals surface area contributed by atoms with Crippen LogP contribution in [0.5, 0.6) is 0 Å². The van der Waals surface area contributed by atoms with Gasteiger partial charge < -0.3 is 9.83 Å². The standard InChI is InChI=1S/C17H13NO/c1-2-3-10-15(18)14-9-6-8-13-12-7-4-5-11-16(12)19-17(13)14/h2-11,18H,1H2/b10-3-,18-15?/i3D,10D. The van der Waals surface area contributed by atoms with Gasteiger partial charge in [0.05, 0.1) is 8.45 Å². The molecule has 0 aliphatic heterocycles. The fraction of sp³-hybridized carbons (Fsp3) is 0. The summed E-state index contributed by atoms with van der Waals surface area (Å²) < 4.78 is 21.3. The maximum atomic E-state index is 8.15. The van der Waals surface area contributed by atoms with E-state index in [1.165, 1.54) is 6.08 Å². The fourth-order valence-corrected chi connectivity index (χ4v) is 2.13. The monoisotopic (exact) mass is 249 g/mol. The molecule has 0 radical (unpaired) electrons. The van der Waals surface area contributed by atoms with Gasteiger partial charge in [-0.3, -0.25) is 0 Å². The minimum atomic E-state index is -0.169. The first-order valence-corrected chi connectivity index (χ1v) is 5.93. The molecule has 1 aromatic heterocycles. The zero-order valence-corrected chi connectivity index (χ0v) is 10.2. The summed E-state index contributed by atoms with van der Waals surface area (Å²) in [6, 6.07) is 12.9. The van der Waals surface area contributed by atoms with Gasteiger partial charge in [0.15, 0.2) is 0 Å². The number of hydrogen-bond acceptors (Lipinski definition) is 2. The first-order chi connectivity index (χ1) is 10.1. The van der Waals surface area contributed by atoms with E-state index in [2.05, 4.69) is 6.58 Å². The number of allylic oxidation sites excluding steroid dienone is 3. The molecule has 0 spiro atoms. The Morgan fingerprint density at radius 2 is 1.95 bits per heavy atom. The van der Waals surface area contributed by atoms with Crippen LogP contribution < -0.4 is 0 Å². The van der Waals surface area contributed by atoms with Gasteiger partial charge in [0, 0.05) is 16.3 Å². The lowest BCUT2D eigenvalue weighted by molar-refractivity contribution is 0.668. The Morgan fingerprint density at radius 1 is 1.16 bits per heavy atom. The number of nitrogens with one attached hydrogen (secondary N) is 1. The van der Waals surface area contributed by atoms with E-state index >= 15 is 0 Å². The van der Waals surface area contributed by atoms with Crippen molar-refractivity contribution in [1.29, 1.82) is 5.41 Å². The molecule has 0 fully saturated rings. The van der Waals surface area contributed by atoms with Crippen molar-refractivity contribution in [3.63, 3.8) is 0 Å². The Labute approximate surface area is 114 Å². The van der Waals surface area contributed by atoms with Gasteiger partial charge in [0.1, 0.15) is 11.2 Å². The van der Waals surface area contributed by atoms with Crippen LogP contribution in [0.25, 0.3) is 21.9 Å². The quantitative estimate of drug-likeness (QED) is 0.530. The van der Waals surface area contributed by atoms with E-state index in [0.29, 0.717) is 11.1 Å². The Kier molecular flexibility index (Phi) is 2.25. The second-order valence-corrected chi connectivity index (χ2v) is 4.13. The van der Waals surface area contributed by atoms with Crippen LogP contribution in [-0.4, -0.2) is 5.71 Å². The summed E-state index contributed by atoms with van der Waals surface area (Å²) >= 11 is 0. The topological polar surface area (TPSA) is 37.0 Å². The Balaban J connectivity index is 2.29. The Bertz CT molecular complexity index is 905. The first kappa shape index (κ1) is 9.34. The molecule has 19 heavy (non-hydrogen) atoms. The van der Waals surface area contributed by atoms with E-state index in [1.54, 1.807) is 6.07 Å². The maximum Gasteiger partial charge on any atom is 0.144 e. The minimum absolute atomic E-state index is 0.0374. The molecule has 2 aromatic carbocycles. The highest BCUT2D eigenvalue weighted by Gasteiger charge is 2.11. The van der Waals surface area contributed by atoms with Crippen LogP contribution in [0.3, 0.4) is 0 Å². The van der Waals surface area contributed by atoms with Gasteiger partial charge in [-0.05, 0) is 18.2 Å². The highest BCUT2D eigenvalue weighted by atomic mass is 16.3. The van der Waals surface area contributed by atoms with Crippen molar-refractivity contribution in [3.05, 3.63) is 72.8 Å².